The minimum Gasteiger partial charge on any atom is -0.490 e. The van der Waals surface area contributed by atoms with Crippen molar-refractivity contribution in [1.29, 1.82) is 0 Å². The number of benzene rings is 2. The molecule has 2 saturated heterocycles. The van der Waals surface area contributed by atoms with Crippen LogP contribution in [0.15, 0.2) is 59.5 Å². The van der Waals surface area contributed by atoms with Crippen LogP contribution in [0, 0.1) is 13.8 Å². The SMILES string of the molecule is Cc1n[nH]c(C)c1S(=O)(=O)N1C2CCC1CC(Oc1ccc(-c3ccccc3)cc1)C2. The minimum absolute atomic E-state index is 0.0222. The Hall–Kier alpha value is -2.64. The van der Waals surface area contributed by atoms with E-state index < -0.39 is 10.0 Å². The lowest BCUT2D eigenvalue weighted by Gasteiger charge is -2.37. The smallest absolute Gasteiger partial charge is 0.247 e. The predicted molar refractivity (Wildman–Crippen MR) is 119 cm³/mol. The van der Waals surface area contributed by atoms with Gasteiger partial charge in [0.15, 0.2) is 0 Å². The number of nitrogens with one attached hydrogen (secondary N) is 1. The van der Waals surface area contributed by atoms with Crippen molar-refractivity contribution in [3.63, 3.8) is 0 Å². The van der Waals surface area contributed by atoms with Crippen molar-refractivity contribution in [2.24, 2.45) is 0 Å². The quantitative estimate of drug-likeness (QED) is 0.640. The third-order valence-electron chi connectivity index (χ3n) is 6.48. The molecule has 2 unspecified atom stereocenters. The van der Waals surface area contributed by atoms with Crippen molar-refractivity contribution >= 4 is 10.0 Å². The van der Waals surface area contributed by atoms with Gasteiger partial charge in [-0.3, -0.25) is 5.10 Å². The molecule has 31 heavy (non-hydrogen) atoms. The third kappa shape index (κ3) is 3.66. The Bertz CT molecular complexity index is 1140. The Morgan fingerprint density at radius 1 is 0.935 bits per heavy atom. The highest BCUT2D eigenvalue weighted by molar-refractivity contribution is 7.89. The number of rotatable bonds is 5. The molecule has 1 N–H and O–H groups in total. The van der Waals surface area contributed by atoms with Gasteiger partial charge in [-0.15, -0.1) is 0 Å². The molecule has 6 nitrogen and oxygen atoms in total. The second-order valence-electron chi connectivity index (χ2n) is 8.58. The number of aromatic amines is 1. The summed E-state index contributed by atoms with van der Waals surface area (Å²) in [5, 5.41) is 6.90. The van der Waals surface area contributed by atoms with E-state index in [1.54, 1.807) is 18.2 Å². The van der Waals surface area contributed by atoms with Crippen LogP contribution >= 0.6 is 0 Å². The van der Waals surface area contributed by atoms with Crippen molar-refractivity contribution in [3.05, 3.63) is 66.0 Å². The number of hydrogen-bond donors (Lipinski definition) is 1. The molecule has 0 amide bonds. The summed E-state index contributed by atoms with van der Waals surface area (Å²) in [5.74, 6) is 0.835. The summed E-state index contributed by atoms with van der Waals surface area (Å²) >= 11 is 0. The number of nitrogens with zero attached hydrogens (tertiary/aromatic N) is 2. The van der Waals surface area contributed by atoms with Crippen molar-refractivity contribution in [2.75, 3.05) is 0 Å². The van der Waals surface area contributed by atoms with Crippen molar-refractivity contribution in [2.45, 2.75) is 62.6 Å². The molecule has 0 saturated carbocycles. The first-order valence-electron chi connectivity index (χ1n) is 10.8. The van der Waals surface area contributed by atoms with Gasteiger partial charge in [-0.05, 0) is 49.9 Å². The monoisotopic (exact) mass is 437 g/mol. The van der Waals surface area contributed by atoms with Gasteiger partial charge in [0, 0.05) is 24.9 Å². The summed E-state index contributed by atoms with van der Waals surface area (Å²) in [4.78, 5) is 0.334. The molecule has 2 fully saturated rings. The van der Waals surface area contributed by atoms with Crippen LogP contribution in [0.5, 0.6) is 5.75 Å². The zero-order valence-electron chi connectivity index (χ0n) is 17.8. The largest absolute Gasteiger partial charge is 0.490 e. The van der Waals surface area contributed by atoms with Gasteiger partial charge in [-0.1, -0.05) is 42.5 Å². The third-order valence-corrected chi connectivity index (χ3v) is 8.75. The van der Waals surface area contributed by atoms with Gasteiger partial charge in [0.2, 0.25) is 10.0 Å². The van der Waals surface area contributed by atoms with Crippen LogP contribution < -0.4 is 4.74 Å². The summed E-state index contributed by atoms with van der Waals surface area (Å²) < 4.78 is 34.8. The second-order valence-corrected chi connectivity index (χ2v) is 10.4. The number of fused-ring (bicyclic) bond motifs is 2. The highest BCUT2D eigenvalue weighted by atomic mass is 32.2. The van der Waals surface area contributed by atoms with Gasteiger partial charge in [0.25, 0.3) is 0 Å². The van der Waals surface area contributed by atoms with Gasteiger partial charge >= 0.3 is 0 Å². The molecule has 2 atom stereocenters. The minimum atomic E-state index is -3.56. The van der Waals surface area contributed by atoms with E-state index in [0.717, 1.165) is 24.2 Å². The van der Waals surface area contributed by atoms with Crippen LogP contribution in [0.25, 0.3) is 11.1 Å². The molecule has 7 heteroatoms. The molecule has 2 bridgehead atoms. The number of sulfonamides is 1. The van der Waals surface area contributed by atoms with Gasteiger partial charge in [0.05, 0.1) is 11.4 Å². The second kappa shape index (κ2) is 7.80. The Morgan fingerprint density at radius 3 is 2.13 bits per heavy atom. The van der Waals surface area contributed by atoms with Crippen LogP contribution in [0.1, 0.15) is 37.1 Å². The summed E-state index contributed by atoms with van der Waals surface area (Å²) in [7, 11) is -3.56. The summed E-state index contributed by atoms with van der Waals surface area (Å²) in [6, 6.07) is 18.4. The maximum absolute atomic E-state index is 13.4. The first kappa shape index (κ1) is 20.3. The summed E-state index contributed by atoms with van der Waals surface area (Å²) in [5.41, 5.74) is 3.47. The van der Waals surface area contributed by atoms with Crippen LogP contribution in [0.4, 0.5) is 0 Å². The van der Waals surface area contributed by atoms with E-state index in [9.17, 15) is 8.42 Å². The maximum Gasteiger partial charge on any atom is 0.247 e. The predicted octanol–water partition coefficient (Wildman–Crippen LogP) is 4.46. The van der Waals surface area contributed by atoms with Crippen molar-refractivity contribution < 1.29 is 13.2 Å². The van der Waals surface area contributed by atoms with Gasteiger partial charge < -0.3 is 4.74 Å². The molecule has 1 aromatic heterocycles. The lowest BCUT2D eigenvalue weighted by Crippen LogP contribution is -2.49. The first-order chi connectivity index (χ1) is 14.9. The van der Waals surface area contributed by atoms with E-state index in [0.29, 0.717) is 29.1 Å². The Labute approximate surface area is 183 Å². The van der Waals surface area contributed by atoms with Crippen molar-refractivity contribution in [1.82, 2.24) is 14.5 Å². The molecule has 3 aromatic rings. The standard InChI is InChI=1S/C24H27N3O3S/c1-16-24(17(2)26-25-16)31(28,29)27-20-10-11-21(27)15-23(14-20)30-22-12-8-19(9-13-22)18-6-4-3-5-7-18/h3-9,12-13,20-21,23H,10-11,14-15H2,1-2H3,(H,25,26). The van der Waals surface area contributed by atoms with Crippen LogP contribution in [-0.2, 0) is 10.0 Å². The molecule has 0 aliphatic carbocycles. The first-order valence-corrected chi connectivity index (χ1v) is 12.2. The van der Waals surface area contributed by atoms with E-state index in [2.05, 4.69) is 34.5 Å². The van der Waals surface area contributed by atoms with Gasteiger partial charge in [0.1, 0.15) is 16.7 Å². The van der Waals surface area contributed by atoms with Crippen LogP contribution in [0.3, 0.4) is 0 Å². The lowest BCUT2D eigenvalue weighted by atomic mass is 10.0. The number of aryl methyl sites for hydroxylation is 2. The van der Waals surface area contributed by atoms with E-state index in [4.69, 9.17) is 4.74 Å². The summed E-state index contributed by atoms with van der Waals surface area (Å²) in [6.45, 7) is 3.51. The van der Waals surface area contributed by atoms with Gasteiger partial charge in [-0.2, -0.15) is 9.40 Å². The molecule has 0 spiro atoms. The molecular weight excluding hydrogens is 410 g/mol. The van der Waals surface area contributed by atoms with Gasteiger partial charge in [-0.25, -0.2) is 8.42 Å². The fourth-order valence-electron chi connectivity index (χ4n) is 5.15. The summed E-state index contributed by atoms with van der Waals surface area (Å²) in [6.07, 6.45) is 3.22. The topological polar surface area (TPSA) is 75.3 Å². The van der Waals surface area contributed by atoms with E-state index in [-0.39, 0.29) is 18.2 Å². The lowest BCUT2D eigenvalue weighted by molar-refractivity contribution is 0.0956. The van der Waals surface area contributed by atoms with Crippen LogP contribution in [-0.4, -0.2) is 41.1 Å². The number of piperidine rings is 1. The van der Waals surface area contributed by atoms with E-state index in [1.807, 2.05) is 30.3 Å². The van der Waals surface area contributed by atoms with E-state index in [1.165, 1.54) is 5.56 Å². The fraction of sp³-hybridized carbons (Fsp3) is 0.375. The Morgan fingerprint density at radius 2 is 1.55 bits per heavy atom. The molecule has 5 rings (SSSR count). The molecule has 2 aliphatic heterocycles. The number of aromatic nitrogens is 2. The number of H-pyrrole nitrogens is 1. The molecule has 2 aliphatic rings. The fourth-order valence-corrected chi connectivity index (χ4v) is 7.38. The molecular formula is C24H27N3O3S. The molecule has 0 radical (unpaired) electrons. The maximum atomic E-state index is 13.4. The average Bonchev–Trinajstić information content (AvgIpc) is 3.26. The average molecular weight is 438 g/mol. The highest BCUT2D eigenvalue weighted by Gasteiger charge is 2.48. The van der Waals surface area contributed by atoms with Crippen molar-refractivity contribution in [3.8, 4) is 16.9 Å². The molecule has 2 aromatic carbocycles. The zero-order valence-corrected chi connectivity index (χ0v) is 18.6. The normalized spacial score (nSPS) is 23.7. The van der Waals surface area contributed by atoms with E-state index >= 15 is 0 Å². The Balaban J connectivity index is 1.30. The zero-order chi connectivity index (χ0) is 21.6. The molecule has 162 valence electrons. The highest BCUT2D eigenvalue weighted by Crippen LogP contribution is 2.41. The van der Waals surface area contributed by atoms with Crippen LogP contribution in [0.2, 0.25) is 0 Å². The Kier molecular flexibility index (Phi) is 5.10. The molecule has 3 heterocycles. The number of hydrogen-bond acceptors (Lipinski definition) is 4. The number of ether oxygens (including phenoxy) is 1.